The molecule has 35 heavy (non-hydrogen) atoms. The molecule has 1 unspecified atom stereocenters. The summed E-state index contributed by atoms with van der Waals surface area (Å²) in [5.74, 6) is -0.137. The van der Waals surface area contributed by atoms with Gasteiger partial charge in [-0.05, 0) is 74.9 Å². The van der Waals surface area contributed by atoms with Crippen molar-refractivity contribution in [1.82, 2.24) is 10.3 Å². The van der Waals surface area contributed by atoms with Crippen LogP contribution in [0.3, 0.4) is 0 Å². The molecule has 1 aromatic heterocycles. The number of carbonyl (C=O) groups is 2. The Kier molecular flexibility index (Phi) is 8.39. The molecule has 2 aromatic carbocycles. The van der Waals surface area contributed by atoms with Gasteiger partial charge in [0.2, 0.25) is 0 Å². The molecule has 9 heteroatoms. The maximum absolute atomic E-state index is 13.3. The van der Waals surface area contributed by atoms with Crippen LogP contribution in [0.25, 0.3) is 0 Å². The smallest absolute Gasteiger partial charge is 0.259 e. The largest absolute Gasteiger partial charge is 0.490 e. The first-order valence-electron chi connectivity index (χ1n) is 11.2. The zero-order valence-electron chi connectivity index (χ0n) is 19.9. The Hall–Kier alpha value is -4.40. The summed E-state index contributed by atoms with van der Waals surface area (Å²) in [5.41, 5.74) is 7.52. The molecule has 0 aliphatic carbocycles. The minimum absolute atomic E-state index is 0.0602. The summed E-state index contributed by atoms with van der Waals surface area (Å²) in [6.45, 7) is 6.10. The van der Waals surface area contributed by atoms with Crippen LogP contribution < -0.4 is 25.8 Å². The number of amides is 2. The second-order valence-corrected chi connectivity index (χ2v) is 7.93. The van der Waals surface area contributed by atoms with Crippen LogP contribution in [0.5, 0.6) is 11.5 Å². The van der Waals surface area contributed by atoms with Crippen molar-refractivity contribution in [2.24, 2.45) is 5.73 Å². The van der Waals surface area contributed by atoms with Gasteiger partial charge >= 0.3 is 0 Å². The third-order valence-corrected chi connectivity index (χ3v) is 4.89. The van der Waals surface area contributed by atoms with E-state index in [0.717, 1.165) is 0 Å². The molecule has 3 rings (SSSR count). The molecule has 0 fully saturated rings. The van der Waals surface area contributed by atoms with E-state index in [0.29, 0.717) is 34.9 Å². The molecule has 182 valence electrons. The number of nitrogens with one attached hydrogen (secondary N) is 3. The van der Waals surface area contributed by atoms with E-state index in [2.05, 4.69) is 15.6 Å². The van der Waals surface area contributed by atoms with E-state index in [1.165, 1.54) is 6.20 Å². The zero-order chi connectivity index (χ0) is 25.4. The van der Waals surface area contributed by atoms with Crippen molar-refractivity contribution in [3.63, 3.8) is 0 Å². The van der Waals surface area contributed by atoms with Crippen molar-refractivity contribution in [3.8, 4) is 11.5 Å². The molecular weight excluding hydrogens is 446 g/mol. The highest BCUT2D eigenvalue weighted by molar-refractivity contribution is 6.06. The predicted molar refractivity (Wildman–Crippen MR) is 134 cm³/mol. The number of imide groups is 1. The molecule has 0 spiro atoms. The maximum atomic E-state index is 13.3. The van der Waals surface area contributed by atoms with Crippen molar-refractivity contribution >= 4 is 23.3 Å². The highest BCUT2D eigenvalue weighted by Gasteiger charge is 2.25. The number of benzene rings is 2. The second-order valence-electron chi connectivity index (χ2n) is 7.93. The van der Waals surface area contributed by atoms with Crippen molar-refractivity contribution in [2.45, 2.75) is 32.9 Å². The number of hydrogen-bond acceptors (Lipinski definition) is 7. The monoisotopic (exact) mass is 475 g/mol. The topological polar surface area (TPSA) is 139 Å². The lowest BCUT2D eigenvalue weighted by Crippen LogP contribution is -2.37. The number of hydrogen-bond donors (Lipinski definition) is 4. The fourth-order valence-corrected chi connectivity index (χ4v) is 3.29. The first kappa shape index (κ1) is 25.2. The van der Waals surface area contributed by atoms with Gasteiger partial charge in [0.1, 0.15) is 11.9 Å². The van der Waals surface area contributed by atoms with E-state index in [1.807, 2.05) is 20.8 Å². The second kappa shape index (κ2) is 11.6. The fraction of sp³-hybridized carbons (Fsp3) is 0.231. The summed E-state index contributed by atoms with van der Waals surface area (Å²) in [6.07, 6.45) is 2.87. The van der Waals surface area contributed by atoms with E-state index in [1.54, 1.807) is 60.8 Å². The molecule has 9 nitrogen and oxygen atoms in total. The Bertz CT molecular complexity index is 1180. The number of nitrogens with two attached hydrogens (primary N) is 1. The maximum Gasteiger partial charge on any atom is 0.259 e. The summed E-state index contributed by atoms with van der Waals surface area (Å²) < 4.78 is 11.6. The lowest BCUT2D eigenvalue weighted by Gasteiger charge is -2.22. The minimum Gasteiger partial charge on any atom is -0.490 e. The summed E-state index contributed by atoms with van der Waals surface area (Å²) in [5, 5.41) is 13.2. The van der Waals surface area contributed by atoms with Crippen molar-refractivity contribution in [1.29, 1.82) is 5.41 Å². The van der Waals surface area contributed by atoms with Crippen LogP contribution in [0.2, 0.25) is 0 Å². The number of anilines is 1. The summed E-state index contributed by atoms with van der Waals surface area (Å²) in [6, 6.07) is 14.2. The van der Waals surface area contributed by atoms with Gasteiger partial charge < -0.3 is 20.5 Å². The minimum atomic E-state index is -0.939. The number of amidine groups is 1. The highest BCUT2D eigenvalue weighted by atomic mass is 16.5. The van der Waals surface area contributed by atoms with Gasteiger partial charge in [0.25, 0.3) is 11.8 Å². The van der Waals surface area contributed by atoms with Crippen molar-refractivity contribution < 1.29 is 19.1 Å². The number of pyridine rings is 1. The summed E-state index contributed by atoms with van der Waals surface area (Å²) >= 11 is 0. The van der Waals surface area contributed by atoms with Crippen LogP contribution in [-0.4, -0.2) is 35.3 Å². The van der Waals surface area contributed by atoms with Gasteiger partial charge in [-0.15, -0.1) is 0 Å². The molecule has 3 aromatic rings. The molecule has 0 saturated heterocycles. The van der Waals surface area contributed by atoms with Crippen LogP contribution >= 0.6 is 0 Å². The molecule has 5 N–H and O–H groups in total. The average Bonchev–Trinajstić information content (AvgIpc) is 2.84. The highest BCUT2D eigenvalue weighted by Crippen LogP contribution is 2.33. The normalized spacial score (nSPS) is 11.4. The van der Waals surface area contributed by atoms with Crippen LogP contribution in [0.15, 0.2) is 67.0 Å². The van der Waals surface area contributed by atoms with E-state index in [-0.39, 0.29) is 17.5 Å². The Morgan fingerprint density at radius 2 is 1.80 bits per heavy atom. The number of nitrogen functional groups attached to an aromatic ring is 1. The molecular formula is C26H29N5O4. The van der Waals surface area contributed by atoms with Gasteiger partial charge in [-0.3, -0.25) is 25.3 Å². The predicted octanol–water partition coefficient (Wildman–Crippen LogP) is 3.66. The number of rotatable bonds is 10. The fourth-order valence-electron chi connectivity index (χ4n) is 3.29. The van der Waals surface area contributed by atoms with Crippen LogP contribution in [0, 0.1) is 5.41 Å². The summed E-state index contributed by atoms with van der Waals surface area (Å²) in [4.78, 5) is 29.8. The van der Waals surface area contributed by atoms with Gasteiger partial charge in [0.05, 0.1) is 18.3 Å². The molecule has 2 amide bonds. The Morgan fingerprint density at radius 3 is 2.40 bits per heavy atom. The van der Waals surface area contributed by atoms with Crippen LogP contribution in [0.1, 0.15) is 48.3 Å². The molecule has 0 bridgehead atoms. The SMILES string of the molecule is CCOc1cc(C(Nc2ccc(C(=N)N)cc2)C(=O)NC(=O)c2cccnc2)ccc1OC(C)C. The lowest BCUT2D eigenvalue weighted by atomic mass is 10.0. The Labute approximate surface area is 204 Å². The van der Waals surface area contributed by atoms with Gasteiger partial charge in [-0.2, -0.15) is 0 Å². The molecule has 0 saturated carbocycles. The zero-order valence-corrected chi connectivity index (χ0v) is 19.9. The van der Waals surface area contributed by atoms with Crippen LogP contribution in [0.4, 0.5) is 5.69 Å². The molecule has 1 heterocycles. The van der Waals surface area contributed by atoms with E-state index < -0.39 is 17.9 Å². The lowest BCUT2D eigenvalue weighted by molar-refractivity contribution is -0.121. The first-order chi connectivity index (χ1) is 16.8. The van der Waals surface area contributed by atoms with Crippen LogP contribution in [-0.2, 0) is 4.79 Å². The third kappa shape index (κ3) is 6.80. The number of nitrogens with zero attached hydrogens (tertiary/aromatic N) is 1. The first-order valence-corrected chi connectivity index (χ1v) is 11.2. The number of carbonyl (C=O) groups excluding carboxylic acids is 2. The van der Waals surface area contributed by atoms with Gasteiger partial charge in [0.15, 0.2) is 11.5 Å². The van der Waals surface area contributed by atoms with Gasteiger partial charge in [-0.1, -0.05) is 6.07 Å². The third-order valence-electron chi connectivity index (χ3n) is 4.89. The van der Waals surface area contributed by atoms with Gasteiger partial charge in [-0.25, -0.2) is 0 Å². The Morgan fingerprint density at radius 1 is 1.06 bits per heavy atom. The molecule has 0 aliphatic rings. The molecule has 0 radical (unpaired) electrons. The van der Waals surface area contributed by atoms with Crippen molar-refractivity contribution in [2.75, 3.05) is 11.9 Å². The van der Waals surface area contributed by atoms with Crippen molar-refractivity contribution in [3.05, 3.63) is 83.7 Å². The molecule has 1 atom stereocenters. The summed E-state index contributed by atoms with van der Waals surface area (Å²) in [7, 11) is 0. The van der Waals surface area contributed by atoms with E-state index in [4.69, 9.17) is 20.6 Å². The molecule has 0 aliphatic heterocycles. The van der Waals surface area contributed by atoms with E-state index in [9.17, 15) is 9.59 Å². The standard InChI is InChI=1S/C26H29N5O4/c1-4-34-22-14-18(9-12-21(22)35-16(2)3)23(30-20-10-7-17(8-11-20)24(27)28)26(33)31-25(32)19-6-5-13-29-15-19/h5-16,23,30H,4H2,1-3H3,(H3,27,28)(H,31,32,33). The van der Waals surface area contributed by atoms with E-state index >= 15 is 0 Å². The van der Waals surface area contributed by atoms with Gasteiger partial charge in [0, 0.05) is 23.6 Å². The Balaban J connectivity index is 1.95. The average molecular weight is 476 g/mol. The number of aromatic nitrogens is 1. The number of ether oxygens (including phenoxy) is 2. The quantitative estimate of drug-likeness (QED) is 0.259.